The summed E-state index contributed by atoms with van der Waals surface area (Å²) < 4.78 is 11.8. The van der Waals surface area contributed by atoms with E-state index in [9.17, 15) is 4.79 Å². The lowest BCUT2D eigenvalue weighted by molar-refractivity contribution is -0.132. The van der Waals surface area contributed by atoms with Gasteiger partial charge in [0.25, 0.3) is 0 Å². The lowest BCUT2D eigenvalue weighted by atomic mass is 9.47. The van der Waals surface area contributed by atoms with Crippen LogP contribution in [0.4, 0.5) is 0 Å². The van der Waals surface area contributed by atoms with E-state index < -0.39 is 8.32 Å². The van der Waals surface area contributed by atoms with Crippen molar-refractivity contribution in [1.82, 2.24) is 0 Å². The summed E-state index contributed by atoms with van der Waals surface area (Å²) in [4.78, 5) is 12.8. The largest absolute Gasteiger partial charge is 0.414 e. The van der Waals surface area contributed by atoms with Crippen molar-refractivity contribution < 1.29 is 14.0 Å². The Labute approximate surface area is 211 Å². The smallest absolute Gasteiger partial charge is 0.192 e. The summed E-state index contributed by atoms with van der Waals surface area (Å²) in [5.41, 5.74) is 1.99. The molecule has 0 aromatic heterocycles. The van der Waals surface area contributed by atoms with E-state index in [1.165, 1.54) is 38.5 Å². The minimum absolute atomic E-state index is 0.0368. The van der Waals surface area contributed by atoms with E-state index in [2.05, 4.69) is 60.7 Å². The van der Waals surface area contributed by atoms with Crippen molar-refractivity contribution in [3.8, 4) is 0 Å². The van der Waals surface area contributed by atoms with E-state index in [0.29, 0.717) is 35.1 Å². The van der Waals surface area contributed by atoms with Crippen LogP contribution in [0.1, 0.15) is 99.3 Å². The zero-order valence-electron chi connectivity index (χ0n) is 23.5. The molecule has 1 heterocycles. The third-order valence-corrected chi connectivity index (χ3v) is 15.7. The number of Topliss-reactive ketones (excluding diaryl/α,β-unsaturated/α-hetero) is 1. The number of ether oxygens (including phenoxy) is 1. The number of ketones is 1. The average Bonchev–Trinajstić information content (AvgIpc) is 3.38. The first kappa shape index (κ1) is 26.6. The molecule has 0 spiro atoms. The molecule has 194 valence electrons. The van der Waals surface area contributed by atoms with Crippen LogP contribution in [0.25, 0.3) is 0 Å². The predicted octanol–water partition coefficient (Wildman–Crippen LogP) is 7.95. The molecule has 4 heteroatoms. The van der Waals surface area contributed by atoms with Crippen LogP contribution in [-0.2, 0) is 14.0 Å². The molecule has 34 heavy (non-hydrogen) atoms. The molecule has 5 rings (SSSR count). The number of hydrogen-bond acceptors (Lipinski definition) is 3. The molecule has 4 unspecified atom stereocenters. The van der Waals surface area contributed by atoms with E-state index in [4.69, 9.17) is 9.16 Å². The van der Waals surface area contributed by atoms with E-state index in [-0.39, 0.29) is 10.5 Å². The Bertz CT molecular complexity index is 784. The van der Waals surface area contributed by atoms with Crippen molar-refractivity contribution in [2.45, 2.75) is 124 Å². The summed E-state index contributed by atoms with van der Waals surface area (Å²) in [7, 11) is -1.72. The van der Waals surface area contributed by atoms with Crippen molar-refractivity contribution in [2.24, 2.45) is 34.5 Å². The van der Waals surface area contributed by atoms with Crippen molar-refractivity contribution in [3.05, 3.63) is 11.6 Å². The van der Waals surface area contributed by atoms with Gasteiger partial charge in [-0.1, -0.05) is 53.2 Å². The molecule has 1 saturated heterocycles. The number of fused-ring (bicyclic) bond motifs is 5. The van der Waals surface area contributed by atoms with Crippen LogP contribution in [0.2, 0.25) is 18.1 Å². The predicted molar refractivity (Wildman–Crippen MR) is 143 cm³/mol. The first-order valence-corrected chi connectivity index (χ1v) is 17.2. The van der Waals surface area contributed by atoms with Gasteiger partial charge in [0.1, 0.15) is 5.78 Å². The van der Waals surface area contributed by atoms with E-state index in [0.717, 1.165) is 38.4 Å². The van der Waals surface area contributed by atoms with Crippen LogP contribution >= 0.6 is 0 Å². The van der Waals surface area contributed by atoms with Crippen LogP contribution in [0, 0.1) is 34.5 Å². The molecule has 0 amide bonds. The first-order valence-electron chi connectivity index (χ1n) is 14.3. The van der Waals surface area contributed by atoms with Gasteiger partial charge >= 0.3 is 0 Å². The quantitative estimate of drug-likeness (QED) is 0.292. The van der Waals surface area contributed by atoms with E-state index in [1.54, 1.807) is 5.57 Å². The summed E-state index contributed by atoms with van der Waals surface area (Å²) in [6.45, 7) is 21.0. The van der Waals surface area contributed by atoms with Crippen LogP contribution in [0.15, 0.2) is 11.6 Å². The van der Waals surface area contributed by atoms with Gasteiger partial charge in [-0.05, 0) is 98.6 Å². The second-order valence-corrected chi connectivity index (χ2v) is 19.1. The fourth-order valence-electron chi connectivity index (χ4n) is 8.11. The van der Waals surface area contributed by atoms with Gasteiger partial charge < -0.3 is 9.16 Å². The molecule has 0 radical (unpaired) electrons. The second-order valence-electron chi connectivity index (χ2n) is 14.3. The number of rotatable bonds is 2. The number of hydrogen-bond donors (Lipinski definition) is 0. The summed E-state index contributed by atoms with van der Waals surface area (Å²) in [5, 5.41) is 0.277. The monoisotopic (exact) mass is 488 g/mol. The summed E-state index contributed by atoms with van der Waals surface area (Å²) >= 11 is 0. The zero-order valence-corrected chi connectivity index (χ0v) is 24.5. The maximum atomic E-state index is 12.8. The highest BCUT2D eigenvalue weighted by Gasteiger charge is 2.60. The van der Waals surface area contributed by atoms with Gasteiger partial charge in [0.05, 0.1) is 0 Å². The molecule has 3 saturated carbocycles. The Morgan fingerprint density at radius 1 is 1.03 bits per heavy atom. The number of carbonyl (C=O) groups is 1. The number of carbonyl (C=O) groups excluding carboxylic acids is 1. The van der Waals surface area contributed by atoms with Gasteiger partial charge in [0, 0.05) is 31.2 Å². The van der Waals surface area contributed by atoms with Crippen molar-refractivity contribution in [2.75, 3.05) is 13.2 Å². The number of allylic oxidation sites excluding steroid dienone is 1. The molecule has 0 aromatic rings. The Balaban J connectivity index is 0.000000486. The molecular weight excluding hydrogens is 436 g/mol. The highest BCUT2D eigenvalue weighted by Crippen LogP contribution is 2.65. The maximum Gasteiger partial charge on any atom is 0.192 e. The summed E-state index contributed by atoms with van der Waals surface area (Å²) in [5.74, 6) is 3.20. The van der Waals surface area contributed by atoms with Crippen LogP contribution in [-0.4, -0.2) is 33.4 Å². The third-order valence-electron chi connectivity index (χ3n) is 11.2. The molecule has 1 aliphatic heterocycles. The van der Waals surface area contributed by atoms with Gasteiger partial charge in [-0.2, -0.15) is 0 Å². The topological polar surface area (TPSA) is 35.5 Å². The molecule has 7 atom stereocenters. The Morgan fingerprint density at radius 3 is 2.26 bits per heavy atom. The normalized spacial score (nSPS) is 42.2. The highest BCUT2D eigenvalue weighted by molar-refractivity contribution is 6.74. The molecule has 0 N–H and O–H groups in total. The lowest BCUT2D eigenvalue weighted by Crippen LogP contribution is -2.52. The van der Waals surface area contributed by atoms with Crippen molar-refractivity contribution in [3.63, 3.8) is 0 Å². The van der Waals surface area contributed by atoms with Crippen molar-refractivity contribution >= 4 is 14.1 Å². The third kappa shape index (κ3) is 4.65. The van der Waals surface area contributed by atoms with Gasteiger partial charge in [0.15, 0.2) is 8.32 Å². The van der Waals surface area contributed by atoms with Gasteiger partial charge in [0.2, 0.25) is 0 Å². The lowest BCUT2D eigenvalue weighted by Gasteiger charge is -2.58. The van der Waals surface area contributed by atoms with Crippen LogP contribution in [0.3, 0.4) is 0 Å². The molecule has 0 aromatic carbocycles. The highest BCUT2D eigenvalue weighted by atomic mass is 28.4. The average molecular weight is 489 g/mol. The van der Waals surface area contributed by atoms with Crippen LogP contribution < -0.4 is 0 Å². The maximum absolute atomic E-state index is 12.8. The van der Waals surface area contributed by atoms with Gasteiger partial charge in [-0.15, -0.1) is 0 Å². The Morgan fingerprint density at radius 2 is 1.68 bits per heavy atom. The molecule has 4 fully saturated rings. The SMILES string of the molecule is C1CCOC1.CC1CC(=O)[C@@]2(C)CCC3C(CC=C4C[C@@H](O[Si](C)(C)C(C)(C)C)CC[C@@]43C)C12. The van der Waals surface area contributed by atoms with Gasteiger partial charge in [-0.3, -0.25) is 4.79 Å². The molecule has 4 aliphatic carbocycles. The standard InChI is InChI=1S/C26H44O2Si.C4H8O/c1-17-15-22(27)26(6)14-12-21-20(23(17)26)10-9-18-16-19(11-13-25(18,21)5)28-29(7,8)24(2,3)4;1-2-4-5-3-1/h9,17,19-21,23H,10-16H2,1-8H3;1-4H2/t17?,19-,20?,21?,23?,25-,26+;/m0./s1. The van der Waals surface area contributed by atoms with E-state index >= 15 is 0 Å². The Hall–Kier alpha value is -0.453. The van der Waals surface area contributed by atoms with Crippen molar-refractivity contribution in [1.29, 1.82) is 0 Å². The van der Waals surface area contributed by atoms with E-state index in [1.807, 2.05) is 0 Å². The summed E-state index contributed by atoms with van der Waals surface area (Å²) in [6, 6.07) is 0. The minimum Gasteiger partial charge on any atom is -0.414 e. The fraction of sp³-hybridized carbons (Fsp3) is 0.900. The molecule has 5 aliphatic rings. The second kappa shape index (κ2) is 9.45. The molecule has 0 bridgehead atoms. The van der Waals surface area contributed by atoms with Crippen LogP contribution in [0.5, 0.6) is 0 Å². The molecular formula is C30H52O3Si. The van der Waals surface area contributed by atoms with Gasteiger partial charge in [-0.25, -0.2) is 0 Å². The first-order chi connectivity index (χ1) is 15.8. The fourth-order valence-corrected chi connectivity index (χ4v) is 9.50. The zero-order chi connectivity index (χ0) is 24.9. The minimum atomic E-state index is -1.72. The summed E-state index contributed by atoms with van der Waals surface area (Å²) in [6.07, 6.45) is 13.6. The Kier molecular flexibility index (Phi) is 7.39. The molecule has 3 nitrogen and oxygen atoms in total.